The Kier molecular flexibility index (Phi) is 16.5. The van der Waals surface area contributed by atoms with Crippen molar-refractivity contribution in [1.29, 1.82) is 0 Å². The average molecular weight is 919 g/mol. The Morgan fingerprint density at radius 3 is 1.58 bits per heavy atom. The zero-order chi connectivity index (χ0) is 43.6. The molecule has 19 heteroatoms. The third kappa shape index (κ3) is 13.9. The molecule has 14 nitrogen and oxygen atoms in total. The summed E-state index contributed by atoms with van der Waals surface area (Å²) in [7, 11) is -6.60. The number of amides is 2. The summed E-state index contributed by atoms with van der Waals surface area (Å²) in [5.41, 5.74) is 2.00. The van der Waals surface area contributed by atoms with E-state index in [1.807, 2.05) is 0 Å². The summed E-state index contributed by atoms with van der Waals surface area (Å²) < 4.78 is 47.7. The summed E-state index contributed by atoms with van der Waals surface area (Å²) in [5, 5.41) is 24.3. The molecule has 4 aromatic rings. The highest BCUT2D eigenvalue weighted by Gasteiger charge is 2.29. The van der Waals surface area contributed by atoms with E-state index in [2.05, 4.69) is 20.6 Å². The van der Waals surface area contributed by atoms with Crippen molar-refractivity contribution in [2.75, 3.05) is 28.9 Å². The SMILES string of the molecule is CS(=O)(=O)c1ccc(C(CC2CCCC2)C(=O)Nc2ncc(SCC(=O)O)s2)cc1.Cc1sc(NC(=O)C(CC2CCCC2)c2ccc(S(C)(=O)=O)cc2)nc1CC(=O)O. The van der Waals surface area contributed by atoms with Gasteiger partial charge in [0.05, 0.1) is 49.9 Å². The topological polar surface area (TPSA) is 227 Å². The lowest BCUT2D eigenvalue weighted by atomic mass is 9.87. The standard InChI is InChI=1S/C21H26N2O5S2.C20H24N2O5S3/c1-13-18(12-19(24)25)22-21(29-13)23-20(26)17(11-14-5-3-4-6-14)15-7-9-16(10-8-15)30(2,27)28;1-30(26,27)15-8-6-14(7-9-15)16(10-13-4-2-3-5-13)19(25)22-20-21-11-18(29-20)28-12-17(23)24/h7-10,14,17H,3-6,11-12H2,1-2H3,(H,24,25)(H,22,23,26);6-9,11,13,16H,2-5,10,12H2,1H3,(H,23,24)(H,21,22,25). The highest BCUT2D eigenvalue weighted by molar-refractivity contribution is 8.01. The number of thiazole rings is 2. The summed E-state index contributed by atoms with van der Waals surface area (Å²) in [5.74, 6) is -2.23. The number of carbonyl (C=O) groups is 4. The molecule has 2 fully saturated rings. The first-order valence-corrected chi connectivity index (χ1v) is 26.0. The van der Waals surface area contributed by atoms with Gasteiger partial charge in [0.15, 0.2) is 29.9 Å². The van der Waals surface area contributed by atoms with Crippen molar-refractivity contribution in [1.82, 2.24) is 9.97 Å². The van der Waals surface area contributed by atoms with Crippen LogP contribution in [-0.2, 0) is 45.3 Å². The number of carboxylic acids is 2. The fourth-order valence-electron chi connectivity index (χ4n) is 7.53. The van der Waals surface area contributed by atoms with Crippen LogP contribution in [0.4, 0.5) is 10.3 Å². The van der Waals surface area contributed by atoms with Crippen molar-refractivity contribution in [2.45, 2.75) is 103 Å². The van der Waals surface area contributed by atoms with Gasteiger partial charge in [-0.05, 0) is 67.0 Å². The fraction of sp³-hybridized carbons (Fsp3) is 0.463. The number of anilines is 2. The van der Waals surface area contributed by atoms with Gasteiger partial charge in [-0.3, -0.25) is 19.2 Å². The number of hydrogen-bond acceptors (Lipinski definition) is 13. The van der Waals surface area contributed by atoms with Crippen LogP contribution in [0.2, 0.25) is 0 Å². The lowest BCUT2D eigenvalue weighted by molar-refractivity contribution is -0.136. The Morgan fingerprint density at radius 2 is 1.17 bits per heavy atom. The minimum atomic E-state index is -3.31. The average Bonchev–Trinajstić information content (AvgIpc) is 4.02. The van der Waals surface area contributed by atoms with Crippen molar-refractivity contribution in [3.63, 3.8) is 0 Å². The lowest BCUT2D eigenvalue weighted by Gasteiger charge is -2.20. The molecule has 324 valence electrons. The molecule has 0 bridgehead atoms. The van der Waals surface area contributed by atoms with Crippen LogP contribution in [0.15, 0.2) is 68.7 Å². The van der Waals surface area contributed by atoms with Crippen LogP contribution < -0.4 is 10.6 Å². The van der Waals surface area contributed by atoms with Gasteiger partial charge in [-0.1, -0.05) is 87.0 Å². The van der Waals surface area contributed by atoms with Crippen molar-refractivity contribution in [3.05, 3.63) is 76.4 Å². The zero-order valence-corrected chi connectivity index (χ0v) is 37.7. The first-order valence-electron chi connectivity index (χ1n) is 19.6. The fourth-order valence-corrected chi connectivity index (χ4v) is 11.2. The molecule has 2 unspecified atom stereocenters. The minimum Gasteiger partial charge on any atom is -0.481 e. The van der Waals surface area contributed by atoms with Crippen molar-refractivity contribution >= 4 is 88.1 Å². The summed E-state index contributed by atoms with van der Waals surface area (Å²) in [6.45, 7) is 1.78. The molecule has 0 saturated heterocycles. The molecule has 2 aliphatic carbocycles. The van der Waals surface area contributed by atoms with E-state index >= 15 is 0 Å². The molecule has 2 atom stereocenters. The van der Waals surface area contributed by atoms with Gasteiger partial charge in [-0.15, -0.1) is 23.1 Å². The van der Waals surface area contributed by atoms with Crippen LogP contribution in [0.25, 0.3) is 0 Å². The number of rotatable bonds is 17. The molecule has 2 saturated carbocycles. The van der Waals surface area contributed by atoms with Gasteiger partial charge in [0, 0.05) is 17.4 Å². The van der Waals surface area contributed by atoms with Crippen LogP contribution in [0, 0.1) is 18.8 Å². The zero-order valence-electron chi connectivity index (χ0n) is 33.6. The quantitative estimate of drug-likeness (QED) is 0.0742. The predicted octanol–water partition coefficient (Wildman–Crippen LogP) is 7.81. The monoisotopic (exact) mass is 918 g/mol. The van der Waals surface area contributed by atoms with Crippen LogP contribution in [-0.4, -0.2) is 79.0 Å². The summed E-state index contributed by atoms with van der Waals surface area (Å²) in [6, 6.07) is 13.0. The van der Waals surface area contributed by atoms with Crippen molar-refractivity contribution in [3.8, 4) is 0 Å². The van der Waals surface area contributed by atoms with Gasteiger partial charge < -0.3 is 20.8 Å². The largest absolute Gasteiger partial charge is 0.481 e. The Balaban J connectivity index is 0.000000228. The molecule has 4 N–H and O–H groups in total. The second-order valence-electron chi connectivity index (χ2n) is 15.3. The molecule has 60 heavy (non-hydrogen) atoms. The van der Waals surface area contributed by atoms with E-state index in [1.54, 1.807) is 49.5 Å². The Hall–Kier alpha value is -4.17. The van der Waals surface area contributed by atoms with Gasteiger partial charge in [0.25, 0.3) is 0 Å². The molecule has 6 rings (SSSR count). The number of carbonyl (C=O) groups excluding carboxylic acids is 2. The third-order valence-electron chi connectivity index (χ3n) is 10.6. The van der Waals surface area contributed by atoms with Crippen LogP contribution in [0.1, 0.15) is 97.7 Å². The number of thioether (sulfide) groups is 1. The summed E-state index contributed by atoms with van der Waals surface area (Å²) in [6.07, 6.45) is 14.1. The highest BCUT2D eigenvalue weighted by atomic mass is 32.2. The lowest BCUT2D eigenvalue weighted by Crippen LogP contribution is -2.23. The molecular formula is C41H50N4O10S5. The molecular weight excluding hydrogens is 869 g/mol. The molecule has 2 heterocycles. The second kappa shape index (κ2) is 21.1. The van der Waals surface area contributed by atoms with E-state index in [1.165, 1.54) is 47.6 Å². The number of benzene rings is 2. The van der Waals surface area contributed by atoms with E-state index in [0.717, 1.165) is 83.0 Å². The number of aliphatic carboxylic acids is 2. The molecule has 0 radical (unpaired) electrons. The van der Waals surface area contributed by atoms with E-state index in [9.17, 15) is 36.0 Å². The minimum absolute atomic E-state index is 0.0629. The number of nitrogens with zero attached hydrogens (tertiary/aromatic N) is 2. The summed E-state index contributed by atoms with van der Waals surface area (Å²) in [4.78, 5) is 57.6. The number of sulfone groups is 2. The number of carboxylic acid groups (broad SMARTS) is 2. The van der Waals surface area contributed by atoms with E-state index in [4.69, 9.17) is 10.2 Å². The van der Waals surface area contributed by atoms with E-state index < -0.39 is 43.4 Å². The van der Waals surface area contributed by atoms with Gasteiger partial charge in [-0.2, -0.15) is 0 Å². The second-order valence-corrected chi connectivity index (χ2v) is 22.8. The first kappa shape index (κ1) is 46.9. The number of aryl methyl sites for hydroxylation is 1. The number of nitrogens with one attached hydrogen (secondary N) is 2. The molecule has 2 aromatic carbocycles. The smallest absolute Gasteiger partial charge is 0.313 e. The summed E-state index contributed by atoms with van der Waals surface area (Å²) >= 11 is 3.66. The Morgan fingerprint density at radius 1 is 0.717 bits per heavy atom. The molecule has 0 spiro atoms. The highest BCUT2D eigenvalue weighted by Crippen LogP contribution is 2.37. The normalized spacial score (nSPS) is 15.8. The van der Waals surface area contributed by atoms with E-state index in [0.29, 0.717) is 40.6 Å². The molecule has 2 aliphatic rings. The van der Waals surface area contributed by atoms with Crippen LogP contribution in [0.5, 0.6) is 0 Å². The number of aromatic nitrogens is 2. The maximum atomic E-state index is 13.1. The van der Waals surface area contributed by atoms with Crippen LogP contribution >= 0.6 is 34.4 Å². The van der Waals surface area contributed by atoms with Gasteiger partial charge in [-0.25, -0.2) is 26.8 Å². The van der Waals surface area contributed by atoms with Crippen molar-refractivity contribution in [2.24, 2.45) is 11.8 Å². The van der Waals surface area contributed by atoms with Gasteiger partial charge in [0.1, 0.15) is 0 Å². The Labute approximate surface area is 362 Å². The molecule has 2 aromatic heterocycles. The third-order valence-corrected chi connectivity index (χ3v) is 15.9. The predicted molar refractivity (Wildman–Crippen MR) is 234 cm³/mol. The number of hydrogen-bond donors (Lipinski definition) is 4. The Bertz CT molecular complexity index is 2350. The maximum absolute atomic E-state index is 13.1. The van der Waals surface area contributed by atoms with Gasteiger partial charge >= 0.3 is 11.9 Å². The van der Waals surface area contributed by atoms with Crippen molar-refractivity contribution < 1.29 is 46.2 Å². The molecule has 2 amide bonds. The first-order chi connectivity index (χ1) is 28.3. The molecule has 0 aliphatic heterocycles. The maximum Gasteiger partial charge on any atom is 0.313 e. The van der Waals surface area contributed by atoms with Gasteiger partial charge in [0.2, 0.25) is 11.8 Å². The van der Waals surface area contributed by atoms with E-state index in [-0.39, 0.29) is 33.8 Å². The van der Waals surface area contributed by atoms with Crippen LogP contribution in [0.3, 0.4) is 0 Å².